The van der Waals surface area contributed by atoms with E-state index in [9.17, 15) is 14.4 Å². The number of hydrogen-bond donors (Lipinski definition) is 0. The largest absolute Gasteiger partial charge is 0.441 e. The van der Waals surface area contributed by atoms with Gasteiger partial charge >= 0.3 is 6.09 Å². The fraction of sp³-hybridized carbons (Fsp3) is 0.455. The van der Waals surface area contributed by atoms with Gasteiger partial charge in [0.1, 0.15) is 11.3 Å². The van der Waals surface area contributed by atoms with Gasteiger partial charge in [-0.2, -0.15) is 5.10 Å². The van der Waals surface area contributed by atoms with Crippen LogP contribution in [-0.2, 0) is 11.8 Å². The molecule has 158 valence electrons. The first-order chi connectivity index (χ1) is 14.4. The standard InChI is InChI=1S/C22H26N4O4/c1-16(17-6-4-3-5-7-17)14-26-15-22(30-21(26)29)10-12-25(13-11-22)20(28)18-8-9-19(27)24(2)23-18/h3-9,16H,10-15H2,1-2H3/t16-/m0/s1. The summed E-state index contributed by atoms with van der Waals surface area (Å²) in [6.45, 7) is 4.23. The zero-order valence-electron chi connectivity index (χ0n) is 17.3. The van der Waals surface area contributed by atoms with E-state index in [1.54, 1.807) is 9.80 Å². The molecular formula is C22H26N4O4. The van der Waals surface area contributed by atoms with E-state index in [1.165, 1.54) is 24.7 Å². The first-order valence-corrected chi connectivity index (χ1v) is 10.2. The van der Waals surface area contributed by atoms with Crippen LogP contribution in [0.1, 0.15) is 41.7 Å². The van der Waals surface area contributed by atoms with Gasteiger partial charge < -0.3 is 14.5 Å². The number of likely N-dealkylation sites (tertiary alicyclic amines) is 1. The molecule has 2 fully saturated rings. The molecule has 8 nitrogen and oxygen atoms in total. The first kappa shape index (κ1) is 20.1. The zero-order valence-corrected chi connectivity index (χ0v) is 17.3. The summed E-state index contributed by atoms with van der Waals surface area (Å²) in [6.07, 6.45) is 0.899. The van der Waals surface area contributed by atoms with Crippen molar-refractivity contribution in [1.29, 1.82) is 0 Å². The van der Waals surface area contributed by atoms with Gasteiger partial charge in [0.15, 0.2) is 0 Å². The number of carbonyl (C=O) groups excluding carboxylic acids is 2. The van der Waals surface area contributed by atoms with Crippen LogP contribution in [0.4, 0.5) is 4.79 Å². The Kier molecular flexibility index (Phi) is 5.32. The van der Waals surface area contributed by atoms with Gasteiger partial charge in [-0.05, 0) is 17.5 Å². The van der Waals surface area contributed by atoms with Crippen molar-refractivity contribution in [3.8, 4) is 0 Å². The number of ether oxygens (including phenoxy) is 1. The number of hydrogen-bond acceptors (Lipinski definition) is 5. The lowest BCUT2D eigenvalue weighted by atomic mass is 9.90. The summed E-state index contributed by atoms with van der Waals surface area (Å²) in [4.78, 5) is 40.2. The van der Waals surface area contributed by atoms with Crippen LogP contribution in [-0.4, -0.2) is 63.4 Å². The number of aromatic nitrogens is 2. The van der Waals surface area contributed by atoms with Crippen LogP contribution < -0.4 is 5.56 Å². The highest BCUT2D eigenvalue weighted by Crippen LogP contribution is 2.34. The van der Waals surface area contributed by atoms with Crippen molar-refractivity contribution in [2.75, 3.05) is 26.2 Å². The quantitative estimate of drug-likeness (QED) is 0.770. The topological polar surface area (TPSA) is 84.7 Å². The molecule has 3 heterocycles. The third-order valence-electron chi connectivity index (χ3n) is 6.05. The molecule has 1 spiro atoms. The molecule has 0 radical (unpaired) electrons. The van der Waals surface area contributed by atoms with Gasteiger partial charge in [-0.1, -0.05) is 37.3 Å². The molecule has 1 aromatic heterocycles. The van der Waals surface area contributed by atoms with Gasteiger partial charge in [0, 0.05) is 45.6 Å². The van der Waals surface area contributed by atoms with Gasteiger partial charge in [-0.3, -0.25) is 9.59 Å². The lowest BCUT2D eigenvalue weighted by molar-refractivity contribution is 0.00289. The minimum absolute atomic E-state index is 0.209. The van der Waals surface area contributed by atoms with Crippen molar-refractivity contribution in [2.45, 2.75) is 31.3 Å². The smallest absolute Gasteiger partial charge is 0.410 e. The number of rotatable bonds is 4. The lowest BCUT2D eigenvalue weighted by Gasteiger charge is -2.37. The molecule has 2 aliphatic heterocycles. The van der Waals surface area contributed by atoms with E-state index in [2.05, 4.69) is 24.2 Å². The van der Waals surface area contributed by atoms with Crippen LogP contribution in [0, 0.1) is 0 Å². The van der Waals surface area contributed by atoms with E-state index >= 15 is 0 Å². The Labute approximate surface area is 175 Å². The Morgan fingerprint density at radius 1 is 1.13 bits per heavy atom. The highest BCUT2D eigenvalue weighted by molar-refractivity contribution is 5.92. The lowest BCUT2D eigenvalue weighted by Crippen LogP contribution is -2.49. The van der Waals surface area contributed by atoms with E-state index in [0.717, 1.165) is 4.68 Å². The molecular weight excluding hydrogens is 384 g/mol. The molecule has 1 aromatic carbocycles. The normalized spacial score (nSPS) is 19.1. The minimum atomic E-state index is -0.540. The Morgan fingerprint density at radius 2 is 1.83 bits per heavy atom. The maximum atomic E-state index is 12.7. The number of carbonyl (C=O) groups is 2. The molecule has 0 aliphatic carbocycles. The molecule has 0 bridgehead atoms. The summed E-state index contributed by atoms with van der Waals surface area (Å²) in [5.41, 5.74) is 0.638. The summed E-state index contributed by atoms with van der Waals surface area (Å²) in [7, 11) is 1.52. The maximum absolute atomic E-state index is 12.7. The molecule has 8 heteroatoms. The third-order valence-corrected chi connectivity index (χ3v) is 6.05. The van der Waals surface area contributed by atoms with Crippen LogP contribution in [0.3, 0.4) is 0 Å². The highest BCUT2D eigenvalue weighted by atomic mass is 16.6. The number of benzene rings is 1. The molecule has 2 saturated heterocycles. The van der Waals surface area contributed by atoms with Crippen molar-refractivity contribution in [3.63, 3.8) is 0 Å². The average molecular weight is 410 g/mol. The number of piperidine rings is 1. The Bertz CT molecular complexity index is 996. The van der Waals surface area contributed by atoms with Crippen molar-refractivity contribution in [1.82, 2.24) is 19.6 Å². The van der Waals surface area contributed by atoms with E-state index in [0.29, 0.717) is 39.0 Å². The Morgan fingerprint density at radius 3 is 2.50 bits per heavy atom. The molecule has 2 aromatic rings. The Balaban J connectivity index is 1.37. The molecule has 0 saturated carbocycles. The molecule has 2 amide bonds. The first-order valence-electron chi connectivity index (χ1n) is 10.2. The second-order valence-corrected chi connectivity index (χ2v) is 8.22. The van der Waals surface area contributed by atoms with E-state index in [4.69, 9.17) is 4.74 Å². The monoisotopic (exact) mass is 410 g/mol. The van der Waals surface area contributed by atoms with Gasteiger partial charge in [-0.25, -0.2) is 9.48 Å². The predicted molar refractivity (Wildman–Crippen MR) is 110 cm³/mol. The van der Waals surface area contributed by atoms with Crippen molar-refractivity contribution >= 4 is 12.0 Å². The van der Waals surface area contributed by atoms with Crippen molar-refractivity contribution in [2.24, 2.45) is 7.05 Å². The van der Waals surface area contributed by atoms with Gasteiger partial charge in [0.05, 0.1) is 6.54 Å². The third kappa shape index (κ3) is 3.94. The molecule has 4 rings (SSSR count). The predicted octanol–water partition coefficient (Wildman–Crippen LogP) is 2.01. The van der Waals surface area contributed by atoms with E-state index in [1.807, 2.05) is 18.2 Å². The van der Waals surface area contributed by atoms with Gasteiger partial charge in [0.2, 0.25) is 0 Å². The van der Waals surface area contributed by atoms with Crippen molar-refractivity contribution < 1.29 is 14.3 Å². The fourth-order valence-corrected chi connectivity index (χ4v) is 4.21. The van der Waals surface area contributed by atoms with Crippen molar-refractivity contribution in [3.05, 3.63) is 64.1 Å². The maximum Gasteiger partial charge on any atom is 0.410 e. The summed E-state index contributed by atoms with van der Waals surface area (Å²) < 4.78 is 6.95. The molecule has 0 N–H and O–H groups in total. The summed E-state index contributed by atoms with van der Waals surface area (Å²) in [6, 6.07) is 12.9. The van der Waals surface area contributed by atoms with Crippen LogP contribution >= 0.6 is 0 Å². The van der Waals surface area contributed by atoms with Gasteiger partial charge in [-0.15, -0.1) is 0 Å². The minimum Gasteiger partial charge on any atom is -0.441 e. The highest BCUT2D eigenvalue weighted by Gasteiger charge is 2.47. The molecule has 1 atom stereocenters. The summed E-state index contributed by atoms with van der Waals surface area (Å²) >= 11 is 0. The zero-order chi connectivity index (χ0) is 21.3. The van der Waals surface area contributed by atoms with E-state index < -0.39 is 5.60 Å². The number of amides is 2. The SMILES string of the molecule is C[C@@H](CN1CC2(CCN(C(=O)c3ccc(=O)n(C)n3)CC2)OC1=O)c1ccccc1. The molecule has 30 heavy (non-hydrogen) atoms. The van der Waals surface area contributed by atoms with Crippen LogP contribution in [0.25, 0.3) is 0 Å². The summed E-state index contributed by atoms with van der Waals surface area (Å²) in [5, 5.41) is 4.04. The summed E-state index contributed by atoms with van der Waals surface area (Å²) in [5.74, 6) is 0.00527. The second-order valence-electron chi connectivity index (χ2n) is 8.22. The Hall–Kier alpha value is -3.16. The van der Waals surface area contributed by atoms with Gasteiger partial charge in [0.25, 0.3) is 11.5 Å². The number of nitrogens with zero attached hydrogens (tertiary/aromatic N) is 4. The van der Waals surface area contributed by atoms with Crippen LogP contribution in [0.5, 0.6) is 0 Å². The van der Waals surface area contributed by atoms with E-state index in [-0.39, 0.29) is 29.2 Å². The van der Waals surface area contributed by atoms with Crippen LogP contribution in [0.15, 0.2) is 47.3 Å². The fourth-order valence-electron chi connectivity index (χ4n) is 4.21. The second kappa shape index (κ2) is 7.93. The van der Waals surface area contributed by atoms with Crippen LogP contribution in [0.2, 0.25) is 0 Å². The molecule has 0 unspecified atom stereocenters. The average Bonchev–Trinajstić information content (AvgIpc) is 3.05. The number of aryl methyl sites for hydroxylation is 1. The molecule has 2 aliphatic rings.